The second-order valence-corrected chi connectivity index (χ2v) is 6.75. The molecular formula is C17H19Cl2N5. The molecule has 0 fully saturated rings. The average Bonchev–Trinajstić information content (AvgIpc) is 2.56. The lowest BCUT2D eigenvalue weighted by Gasteiger charge is -2.25. The number of rotatable bonds is 6. The smallest absolute Gasteiger partial charge is 0.115 e. The third-order valence-corrected chi connectivity index (χ3v) is 4.24. The van der Waals surface area contributed by atoms with Crippen LogP contribution in [0, 0.1) is 5.41 Å². The molecule has 7 heteroatoms. The van der Waals surface area contributed by atoms with E-state index in [0.717, 1.165) is 11.3 Å². The number of hydrogen-bond donors (Lipinski definition) is 2. The molecule has 0 aliphatic carbocycles. The summed E-state index contributed by atoms with van der Waals surface area (Å²) in [5.74, 6) is 0.462. The quantitative estimate of drug-likeness (QED) is 0.594. The second kappa shape index (κ2) is 7.64. The highest BCUT2D eigenvalue weighted by molar-refractivity contribution is 6.42. The largest absolute Gasteiger partial charge is 0.387 e. The summed E-state index contributed by atoms with van der Waals surface area (Å²) < 4.78 is 0. The van der Waals surface area contributed by atoms with Gasteiger partial charge >= 0.3 is 0 Å². The molecule has 0 saturated heterocycles. The van der Waals surface area contributed by atoms with Crippen molar-refractivity contribution in [1.82, 2.24) is 9.97 Å². The van der Waals surface area contributed by atoms with Crippen LogP contribution in [-0.2, 0) is 0 Å². The number of amidine groups is 1. The van der Waals surface area contributed by atoms with Gasteiger partial charge in [0.1, 0.15) is 12.2 Å². The fourth-order valence-corrected chi connectivity index (χ4v) is 2.13. The molecule has 0 spiro atoms. The first-order valence-corrected chi connectivity index (χ1v) is 8.03. The van der Waals surface area contributed by atoms with Gasteiger partial charge < -0.3 is 11.1 Å². The Morgan fingerprint density at radius 2 is 1.92 bits per heavy atom. The first-order chi connectivity index (χ1) is 11.3. The minimum absolute atomic E-state index is 0.398. The lowest BCUT2D eigenvalue weighted by atomic mass is 9.91. The molecule has 2 aromatic rings. The minimum atomic E-state index is -0.398. The molecule has 1 aromatic heterocycles. The summed E-state index contributed by atoms with van der Waals surface area (Å²) in [7, 11) is 0. The van der Waals surface area contributed by atoms with Gasteiger partial charge in [-0.15, -0.1) is 0 Å². The molecule has 0 unspecified atom stereocenters. The van der Waals surface area contributed by atoms with E-state index in [4.69, 9.17) is 28.9 Å². The number of hydrogen-bond acceptors (Lipinski definition) is 4. The van der Waals surface area contributed by atoms with Gasteiger partial charge in [0.25, 0.3) is 0 Å². The van der Waals surface area contributed by atoms with E-state index < -0.39 is 5.41 Å². The van der Waals surface area contributed by atoms with Crippen LogP contribution in [-0.4, -0.2) is 22.3 Å². The summed E-state index contributed by atoms with van der Waals surface area (Å²) in [5.41, 5.74) is 7.89. The summed E-state index contributed by atoms with van der Waals surface area (Å²) in [6, 6.07) is 5.37. The van der Waals surface area contributed by atoms with E-state index in [1.165, 1.54) is 6.33 Å². The molecule has 0 aliphatic rings. The highest BCUT2D eigenvalue weighted by Crippen LogP contribution is 2.26. The summed E-state index contributed by atoms with van der Waals surface area (Å²) >= 11 is 11.9. The number of halogens is 2. The first-order valence-electron chi connectivity index (χ1n) is 7.27. The van der Waals surface area contributed by atoms with Gasteiger partial charge in [-0.3, -0.25) is 0 Å². The molecule has 1 heterocycles. The standard InChI is InChI=1S/C17H19Cl2N5/c1-11(12-7-21-10-22-8-12)24-16(20)17(2,3)9-23-13-4-5-14(18)15(19)6-13/h4-8,10,23H,1,9H2,2-3H3,(H2,20,24). The van der Waals surface area contributed by atoms with Crippen molar-refractivity contribution >= 4 is 40.4 Å². The minimum Gasteiger partial charge on any atom is -0.387 e. The number of nitrogens with two attached hydrogens (primary N) is 1. The number of nitrogens with one attached hydrogen (secondary N) is 1. The van der Waals surface area contributed by atoms with E-state index in [1.54, 1.807) is 24.5 Å². The third-order valence-electron chi connectivity index (χ3n) is 3.50. The normalized spacial score (nSPS) is 12.1. The summed E-state index contributed by atoms with van der Waals surface area (Å²) in [5, 5.41) is 4.30. The topological polar surface area (TPSA) is 76.2 Å². The van der Waals surface area contributed by atoms with Crippen molar-refractivity contribution in [2.24, 2.45) is 16.1 Å². The summed E-state index contributed by atoms with van der Waals surface area (Å²) in [4.78, 5) is 12.3. The zero-order chi connectivity index (χ0) is 17.7. The predicted molar refractivity (Wildman–Crippen MR) is 101 cm³/mol. The number of aromatic nitrogens is 2. The lowest BCUT2D eigenvalue weighted by Crippen LogP contribution is -2.37. The van der Waals surface area contributed by atoms with E-state index in [9.17, 15) is 0 Å². The van der Waals surface area contributed by atoms with Crippen molar-refractivity contribution in [2.45, 2.75) is 13.8 Å². The number of benzene rings is 1. The number of nitrogens with zero attached hydrogens (tertiary/aromatic N) is 3. The fraction of sp³-hybridized carbons (Fsp3) is 0.235. The monoisotopic (exact) mass is 363 g/mol. The number of anilines is 1. The molecule has 2 rings (SSSR count). The fourth-order valence-electron chi connectivity index (χ4n) is 1.83. The molecule has 5 nitrogen and oxygen atoms in total. The highest BCUT2D eigenvalue weighted by Gasteiger charge is 2.23. The Morgan fingerprint density at radius 3 is 2.54 bits per heavy atom. The Labute approximate surface area is 151 Å². The summed E-state index contributed by atoms with van der Waals surface area (Å²) in [6.45, 7) is 8.47. The van der Waals surface area contributed by atoms with Gasteiger partial charge in [0.2, 0.25) is 0 Å². The molecule has 3 N–H and O–H groups in total. The van der Waals surface area contributed by atoms with Gasteiger partial charge in [0, 0.05) is 35.6 Å². The van der Waals surface area contributed by atoms with Crippen LogP contribution in [0.5, 0.6) is 0 Å². The molecule has 0 aliphatic heterocycles. The molecule has 0 radical (unpaired) electrons. The van der Waals surface area contributed by atoms with E-state index in [1.807, 2.05) is 19.9 Å². The van der Waals surface area contributed by atoms with Crippen LogP contribution in [0.1, 0.15) is 19.4 Å². The zero-order valence-electron chi connectivity index (χ0n) is 13.6. The van der Waals surface area contributed by atoms with E-state index in [2.05, 4.69) is 26.9 Å². The number of aliphatic imine (C=N–C) groups is 1. The maximum Gasteiger partial charge on any atom is 0.115 e. The zero-order valence-corrected chi connectivity index (χ0v) is 15.1. The molecule has 1 aromatic carbocycles. The van der Waals surface area contributed by atoms with Gasteiger partial charge in [0.15, 0.2) is 0 Å². The molecule has 0 bridgehead atoms. The summed E-state index contributed by atoms with van der Waals surface area (Å²) in [6.07, 6.45) is 4.75. The van der Waals surface area contributed by atoms with Crippen molar-refractivity contribution in [1.29, 1.82) is 0 Å². The third kappa shape index (κ3) is 4.69. The van der Waals surface area contributed by atoms with Crippen LogP contribution in [0.2, 0.25) is 10.0 Å². The lowest BCUT2D eigenvalue weighted by molar-refractivity contribution is 0.551. The Balaban J connectivity index is 2.06. The molecular weight excluding hydrogens is 345 g/mol. The van der Waals surface area contributed by atoms with Crippen molar-refractivity contribution in [2.75, 3.05) is 11.9 Å². The maximum absolute atomic E-state index is 6.17. The first kappa shape index (κ1) is 18.2. The Hall–Kier alpha value is -2.11. The van der Waals surface area contributed by atoms with Crippen LogP contribution >= 0.6 is 23.2 Å². The van der Waals surface area contributed by atoms with Crippen LogP contribution in [0.15, 0.2) is 48.5 Å². The van der Waals surface area contributed by atoms with Crippen LogP contribution in [0.25, 0.3) is 5.70 Å². The van der Waals surface area contributed by atoms with Crippen molar-refractivity contribution < 1.29 is 0 Å². The van der Waals surface area contributed by atoms with Crippen molar-refractivity contribution in [3.8, 4) is 0 Å². The Bertz CT molecular complexity index is 757. The van der Waals surface area contributed by atoms with E-state index >= 15 is 0 Å². The highest BCUT2D eigenvalue weighted by atomic mass is 35.5. The van der Waals surface area contributed by atoms with Gasteiger partial charge in [-0.1, -0.05) is 43.6 Å². The molecule has 0 atom stereocenters. The maximum atomic E-state index is 6.17. The van der Waals surface area contributed by atoms with E-state index in [0.29, 0.717) is 28.1 Å². The van der Waals surface area contributed by atoms with Gasteiger partial charge in [0.05, 0.1) is 15.7 Å². The van der Waals surface area contributed by atoms with Gasteiger partial charge in [-0.25, -0.2) is 15.0 Å². The van der Waals surface area contributed by atoms with E-state index in [-0.39, 0.29) is 0 Å². The van der Waals surface area contributed by atoms with Crippen molar-refractivity contribution in [3.63, 3.8) is 0 Å². The Morgan fingerprint density at radius 1 is 1.25 bits per heavy atom. The van der Waals surface area contributed by atoms with Crippen LogP contribution in [0.3, 0.4) is 0 Å². The second-order valence-electron chi connectivity index (χ2n) is 5.94. The van der Waals surface area contributed by atoms with Crippen LogP contribution in [0.4, 0.5) is 5.69 Å². The average molecular weight is 364 g/mol. The SMILES string of the molecule is C=C(N=C(N)C(C)(C)CNc1ccc(Cl)c(Cl)c1)c1cncnc1. The molecule has 0 saturated carbocycles. The Kier molecular flexibility index (Phi) is 5.80. The molecule has 0 amide bonds. The van der Waals surface area contributed by atoms with Gasteiger partial charge in [-0.05, 0) is 18.2 Å². The van der Waals surface area contributed by atoms with Crippen molar-refractivity contribution in [3.05, 3.63) is 59.1 Å². The predicted octanol–water partition coefficient (Wildman–Crippen LogP) is 4.25. The molecule has 126 valence electrons. The van der Waals surface area contributed by atoms with Gasteiger partial charge in [-0.2, -0.15) is 0 Å². The van der Waals surface area contributed by atoms with Crippen LogP contribution < -0.4 is 11.1 Å². The molecule has 24 heavy (non-hydrogen) atoms.